The van der Waals surface area contributed by atoms with Gasteiger partial charge in [-0.05, 0) is 74.7 Å². The number of benzene rings is 1. The number of methoxy groups -OCH3 is 2. The number of carbonyl (C=O) groups is 8. The molecule has 9 unspecified atom stereocenters. The SMILES string of the molecule is CCC.CCC(C)C(C(CC)OC)N(C)C(=O)CNC(=O)C1C2CCC(C2)N1C(=O)CCCn1cc(CN2C(=O)C=CC2=O)nn1.COC(C(C)[C@@H](Cc1ccccc1)C(=O)O)C1CCCN1C=O.NC=O. The maximum absolute atomic E-state index is 13.4. The van der Waals surface area contributed by atoms with E-state index in [0.717, 1.165) is 68.4 Å². The number of piperidine rings is 1. The molecule has 2 bridgehead atoms. The lowest BCUT2D eigenvalue weighted by Gasteiger charge is -2.38. The summed E-state index contributed by atoms with van der Waals surface area (Å²) in [6.45, 7) is 13.4. The number of rotatable bonds is 23. The largest absolute Gasteiger partial charge is 0.481 e. The first kappa shape index (κ1) is 60.3. The summed E-state index contributed by atoms with van der Waals surface area (Å²) < 4.78 is 12.9. The number of fused-ring (bicyclic) bond motifs is 2. The van der Waals surface area contributed by atoms with Crippen LogP contribution in [0.15, 0.2) is 48.7 Å². The number of likely N-dealkylation sites (N-methyl/N-ethyl adjacent to an activating group) is 1. The maximum atomic E-state index is 13.4. The van der Waals surface area contributed by atoms with E-state index >= 15 is 0 Å². The van der Waals surface area contributed by atoms with Gasteiger partial charge in [-0.1, -0.05) is 89.9 Å². The Hall–Kier alpha value is -6.02. The van der Waals surface area contributed by atoms with Crippen LogP contribution in [0.2, 0.25) is 0 Å². The number of carbonyl (C=O) groups excluding carboxylic acids is 7. The summed E-state index contributed by atoms with van der Waals surface area (Å²) in [5.41, 5.74) is 5.65. The molecule has 4 heterocycles. The lowest BCUT2D eigenvalue weighted by Crippen LogP contribution is -2.55. The third-order valence-corrected chi connectivity index (χ3v) is 14.2. The van der Waals surface area contributed by atoms with Gasteiger partial charge in [0.25, 0.3) is 11.8 Å². The minimum Gasteiger partial charge on any atom is -0.481 e. The van der Waals surface area contributed by atoms with Crippen LogP contribution in [-0.2, 0) is 67.3 Å². The van der Waals surface area contributed by atoms with Crippen LogP contribution in [-0.4, -0.2) is 159 Å². The van der Waals surface area contributed by atoms with Crippen molar-refractivity contribution in [2.45, 2.75) is 162 Å². The molecular weight excluding hydrogens is 927 g/mol. The third-order valence-electron chi connectivity index (χ3n) is 14.2. The molecule has 4 N–H and O–H groups in total. The number of aliphatic carboxylic acids is 1. The predicted octanol–water partition coefficient (Wildman–Crippen LogP) is 4.00. The maximum Gasteiger partial charge on any atom is 0.307 e. The number of aryl methyl sites for hydroxylation is 1. The number of carboxylic acids is 1. The Balaban J connectivity index is 0.000000395. The fourth-order valence-electron chi connectivity index (χ4n) is 10.4. The molecule has 2 saturated heterocycles. The van der Waals surface area contributed by atoms with Gasteiger partial charge in [-0.3, -0.25) is 47.9 Å². The van der Waals surface area contributed by atoms with Crippen LogP contribution in [0.1, 0.15) is 117 Å². The number of likely N-dealkylation sites (tertiary alicyclic amines) is 2. The summed E-state index contributed by atoms with van der Waals surface area (Å²) in [6, 6.07) is 8.96. The van der Waals surface area contributed by atoms with E-state index in [9.17, 15) is 38.7 Å². The second-order valence-electron chi connectivity index (χ2n) is 19.0. The van der Waals surface area contributed by atoms with E-state index < -0.39 is 17.9 Å². The third kappa shape index (κ3) is 16.5. The summed E-state index contributed by atoms with van der Waals surface area (Å²) in [6.07, 6.45) is 13.3. The smallest absolute Gasteiger partial charge is 0.307 e. The summed E-state index contributed by atoms with van der Waals surface area (Å²) in [7, 11) is 5.03. The number of nitrogens with two attached hydrogens (primary N) is 1. The van der Waals surface area contributed by atoms with Gasteiger partial charge in [0.05, 0.1) is 49.5 Å². The molecule has 3 fully saturated rings. The normalized spacial score (nSPS) is 21.2. The Morgan fingerprint density at radius 2 is 1.62 bits per heavy atom. The van der Waals surface area contributed by atoms with Crippen molar-refractivity contribution < 1.29 is 52.9 Å². The van der Waals surface area contributed by atoms with E-state index in [1.165, 1.54) is 18.6 Å². The Labute approximate surface area is 425 Å². The summed E-state index contributed by atoms with van der Waals surface area (Å²) in [5, 5.41) is 20.6. The zero-order valence-electron chi connectivity index (χ0n) is 43.9. The highest BCUT2D eigenvalue weighted by Crippen LogP contribution is 2.43. The Kier molecular flexibility index (Phi) is 25.8. The van der Waals surface area contributed by atoms with Gasteiger partial charge in [0.1, 0.15) is 11.7 Å². The number of hydrogen-bond acceptors (Lipinski definition) is 12. The monoisotopic (exact) mass is 1010 g/mol. The molecule has 400 valence electrons. The fraction of sp³-hybridized carbons (Fsp3) is 0.654. The Bertz CT molecular complexity index is 2060. The molecule has 0 radical (unpaired) electrons. The second-order valence-corrected chi connectivity index (χ2v) is 19.0. The number of ether oxygens (including phenoxy) is 2. The number of amides is 7. The van der Waals surface area contributed by atoms with Crippen molar-refractivity contribution in [3.8, 4) is 0 Å². The lowest BCUT2D eigenvalue weighted by molar-refractivity contribution is -0.147. The molecule has 2 aromatic rings. The molecule has 1 aromatic heterocycles. The molecule has 6 rings (SSSR count). The first-order chi connectivity index (χ1) is 34.5. The highest BCUT2D eigenvalue weighted by molar-refractivity contribution is 6.12. The van der Waals surface area contributed by atoms with E-state index in [2.05, 4.69) is 49.1 Å². The van der Waals surface area contributed by atoms with Gasteiger partial charge in [0.15, 0.2) is 0 Å². The van der Waals surface area contributed by atoms with Crippen LogP contribution in [0, 0.1) is 23.7 Å². The van der Waals surface area contributed by atoms with Gasteiger partial charge in [-0.25, -0.2) is 0 Å². The molecule has 10 atom stereocenters. The molecule has 20 heteroatoms. The average Bonchev–Trinajstić information content (AvgIpc) is 4.25. The van der Waals surface area contributed by atoms with Gasteiger partial charge in [0.2, 0.25) is 30.5 Å². The van der Waals surface area contributed by atoms with E-state index in [1.807, 2.05) is 44.2 Å². The van der Waals surface area contributed by atoms with Gasteiger partial charge < -0.3 is 40.3 Å². The van der Waals surface area contributed by atoms with Crippen molar-refractivity contribution in [2.75, 3.05) is 34.4 Å². The predicted molar refractivity (Wildman–Crippen MR) is 269 cm³/mol. The first-order valence-electron chi connectivity index (χ1n) is 25.5. The van der Waals surface area contributed by atoms with E-state index in [-0.39, 0.29) is 104 Å². The second kappa shape index (κ2) is 30.8. The van der Waals surface area contributed by atoms with Crippen LogP contribution < -0.4 is 11.1 Å². The molecule has 1 saturated carbocycles. The number of aromatic nitrogens is 3. The van der Waals surface area contributed by atoms with E-state index in [1.54, 1.807) is 46.8 Å². The molecule has 0 spiro atoms. The number of carboxylic acid groups (broad SMARTS) is 1. The van der Waals surface area contributed by atoms with Gasteiger partial charge >= 0.3 is 5.97 Å². The topological polar surface area (TPSA) is 257 Å². The van der Waals surface area contributed by atoms with Crippen LogP contribution in [0.5, 0.6) is 0 Å². The molecule has 4 aliphatic rings. The fourth-order valence-corrected chi connectivity index (χ4v) is 10.4. The van der Waals surface area contributed by atoms with Crippen LogP contribution in [0.25, 0.3) is 0 Å². The average molecular weight is 1010 g/mol. The molecule has 1 aromatic carbocycles. The highest BCUT2D eigenvalue weighted by Gasteiger charge is 2.51. The van der Waals surface area contributed by atoms with Gasteiger partial charge in [-0.2, -0.15) is 0 Å². The minimum absolute atomic E-state index is 0.0369. The van der Waals surface area contributed by atoms with Crippen molar-refractivity contribution >= 4 is 48.3 Å². The number of nitrogens with one attached hydrogen (secondary N) is 1. The molecule has 1 aliphatic carbocycles. The van der Waals surface area contributed by atoms with Crippen molar-refractivity contribution in [3.63, 3.8) is 0 Å². The standard InChI is InChI=1S/C30H45N7O6.C18H25NO4.C3H8.CH3NO/c1-6-19(3)28(23(7-2)43-5)34(4)27(41)16-31-30(42)29-20-10-11-22(15-20)37(29)26(40)9-8-14-35-17-21(32-33-35)18-36-24(38)12-13-25(36)39;1-13(17(23-2)16-9-6-10-19(16)12-20)15(18(21)22)11-14-7-4-3-5-8-14;1-3-2;2-1-3/h12-13,17,19-20,22-23,28-29H,6-11,14-16,18H2,1-5H3,(H,31,42);3-5,7-8,12-13,15-17H,6,9-11H2,1-2H3,(H,21,22);3H2,1-2H3;1H,(H2,2,3)/t;13?,15-,16?,17?;;/m.1../s1. The molecule has 7 amide bonds. The first-order valence-corrected chi connectivity index (χ1v) is 25.5. The van der Waals surface area contributed by atoms with Crippen molar-refractivity contribution in [1.82, 2.24) is 39.9 Å². The van der Waals surface area contributed by atoms with Crippen LogP contribution in [0.3, 0.4) is 0 Å². The minimum atomic E-state index is -0.820. The molecule has 20 nitrogen and oxygen atoms in total. The highest BCUT2D eigenvalue weighted by atomic mass is 16.5. The zero-order chi connectivity index (χ0) is 53.5. The van der Waals surface area contributed by atoms with Crippen LogP contribution >= 0.6 is 0 Å². The van der Waals surface area contributed by atoms with Crippen molar-refractivity contribution in [1.29, 1.82) is 0 Å². The Morgan fingerprint density at radius 1 is 0.972 bits per heavy atom. The number of hydrogen-bond donors (Lipinski definition) is 3. The summed E-state index contributed by atoms with van der Waals surface area (Å²) in [4.78, 5) is 101. The van der Waals surface area contributed by atoms with E-state index in [4.69, 9.17) is 14.3 Å². The van der Waals surface area contributed by atoms with Gasteiger partial charge in [0, 0.05) is 59.0 Å². The lowest BCUT2D eigenvalue weighted by atomic mass is 9.81. The van der Waals surface area contributed by atoms with E-state index in [0.29, 0.717) is 25.1 Å². The quantitative estimate of drug-likeness (QED) is 0.105. The number of imide groups is 1. The molecule has 72 heavy (non-hydrogen) atoms. The van der Waals surface area contributed by atoms with Crippen molar-refractivity contribution in [2.24, 2.45) is 29.4 Å². The molecule has 3 aliphatic heterocycles. The summed E-state index contributed by atoms with van der Waals surface area (Å²) >= 11 is 0. The molecular formula is C52H81N9O11. The number of nitrogens with zero attached hydrogens (tertiary/aromatic N) is 7. The summed E-state index contributed by atoms with van der Waals surface area (Å²) in [5.74, 6) is -2.54. The zero-order valence-corrected chi connectivity index (χ0v) is 43.9. The van der Waals surface area contributed by atoms with Crippen LogP contribution in [0.4, 0.5) is 0 Å². The van der Waals surface area contributed by atoms with Crippen molar-refractivity contribution in [3.05, 3.63) is 59.9 Å². The number of primary amides is 1. The van der Waals surface area contributed by atoms with Gasteiger partial charge in [-0.15, -0.1) is 5.10 Å². The Morgan fingerprint density at radius 3 is 2.19 bits per heavy atom.